The number of carbonyl (C=O) groups is 2. The highest BCUT2D eigenvalue weighted by Gasteiger charge is 2.23. The topological polar surface area (TPSA) is 154 Å². The van der Waals surface area contributed by atoms with E-state index in [4.69, 9.17) is 0 Å². The number of fused-ring (bicyclic) bond motifs is 1. The highest BCUT2D eigenvalue weighted by molar-refractivity contribution is 7.90. The summed E-state index contributed by atoms with van der Waals surface area (Å²) >= 11 is 1.33. The first kappa shape index (κ1) is 25.5. The highest BCUT2D eigenvalue weighted by atomic mass is 32.2. The van der Waals surface area contributed by atoms with Gasteiger partial charge in [-0.05, 0) is 25.1 Å². The summed E-state index contributed by atoms with van der Waals surface area (Å²) in [6.07, 6.45) is 4.73. The van der Waals surface area contributed by atoms with E-state index in [0.29, 0.717) is 36.0 Å². The molecule has 11 nitrogen and oxygen atoms in total. The van der Waals surface area contributed by atoms with Gasteiger partial charge in [0, 0.05) is 36.3 Å². The van der Waals surface area contributed by atoms with E-state index in [2.05, 4.69) is 25.9 Å². The SMILES string of the molecule is C[C@@H](CO)NC(=O)c1ccccc1NC(=O)Nc1nc2c(s1)CN(c1cncc(S(C)(=O)=O)c1)CC2. The van der Waals surface area contributed by atoms with Crippen molar-refractivity contribution in [1.82, 2.24) is 15.3 Å². The molecule has 4 rings (SSSR count). The van der Waals surface area contributed by atoms with Gasteiger partial charge < -0.3 is 20.6 Å². The number of rotatable bonds is 7. The Morgan fingerprint density at radius 3 is 2.75 bits per heavy atom. The predicted octanol–water partition coefficient (Wildman–Crippen LogP) is 2.26. The van der Waals surface area contributed by atoms with Gasteiger partial charge in [-0.3, -0.25) is 15.1 Å². The Bertz CT molecular complexity index is 1390. The number of benzene rings is 1. The van der Waals surface area contributed by atoms with Crippen LogP contribution in [0.5, 0.6) is 0 Å². The Morgan fingerprint density at radius 2 is 2.00 bits per heavy atom. The van der Waals surface area contributed by atoms with Gasteiger partial charge in [-0.25, -0.2) is 18.2 Å². The fourth-order valence-corrected chi connectivity index (χ4v) is 5.25. The molecule has 190 valence electrons. The molecule has 1 aliphatic rings. The zero-order valence-electron chi connectivity index (χ0n) is 19.7. The molecule has 1 atom stereocenters. The lowest BCUT2D eigenvalue weighted by atomic mass is 10.1. The summed E-state index contributed by atoms with van der Waals surface area (Å²) in [7, 11) is -3.37. The molecular weight excluding hydrogens is 504 g/mol. The lowest BCUT2D eigenvalue weighted by Gasteiger charge is -2.28. The van der Waals surface area contributed by atoms with E-state index in [1.807, 2.05) is 4.90 Å². The summed E-state index contributed by atoms with van der Waals surface area (Å²) in [5.74, 6) is -0.410. The lowest BCUT2D eigenvalue weighted by Crippen LogP contribution is -2.35. The molecule has 36 heavy (non-hydrogen) atoms. The number of hydrogen-bond donors (Lipinski definition) is 4. The van der Waals surface area contributed by atoms with Crippen molar-refractivity contribution in [2.75, 3.05) is 34.9 Å². The van der Waals surface area contributed by atoms with E-state index in [-0.39, 0.29) is 17.1 Å². The molecular formula is C23H26N6O5S2. The summed E-state index contributed by atoms with van der Waals surface area (Å²) in [6, 6.07) is 7.22. The first-order chi connectivity index (χ1) is 17.1. The molecule has 1 aliphatic heterocycles. The van der Waals surface area contributed by atoms with Gasteiger partial charge >= 0.3 is 6.03 Å². The molecule has 0 saturated carbocycles. The predicted molar refractivity (Wildman–Crippen MR) is 137 cm³/mol. The zero-order chi connectivity index (χ0) is 25.9. The quantitative estimate of drug-likeness (QED) is 0.363. The molecule has 4 N–H and O–H groups in total. The highest BCUT2D eigenvalue weighted by Crippen LogP contribution is 2.31. The number of carbonyl (C=O) groups excluding carboxylic acids is 2. The Kier molecular flexibility index (Phi) is 7.52. The van der Waals surface area contributed by atoms with Crippen LogP contribution in [0.25, 0.3) is 0 Å². The Hall–Kier alpha value is -3.55. The third kappa shape index (κ3) is 5.98. The maximum absolute atomic E-state index is 12.7. The molecule has 0 unspecified atom stereocenters. The van der Waals surface area contributed by atoms with E-state index < -0.39 is 27.8 Å². The fraction of sp³-hybridized carbons (Fsp3) is 0.304. The molecule has 0 aliphatic carbocycles. The number of aliphatic hydroxyl groups is 1. The summed E-state index contributed by atoms with van der Waals surface area (Å²) in [5, 5.41) is 17.7. The number of pyridine rings is 1. The van der Waals surface area contributed by atoms with Crippen LogP contribution in [0.3, 0.4) is 0 Å². The standard InChI is InChI=1S/C23H26N6O5S2/c1-14(13-30)25-21(31)17-5-3-4-6-18(17)26-22(32)28-23-27-19-7-8-29(12-20(19)35-23)15-9-16(11-24-10-15)36(2,33)34/h3-6,9-11,14,30H,7-8,12-13H2,1-2H3,(H,25,31)(H2,26,27,28,32)/t14-/m0/s1. The monoisotopic (exact) mass is 530 g/mol. The molecule has 1 aromatic carbocycles. The summed E-state index contributed by atoms with van der Waals surface area (Å²) < 4.78 is 23.8. The molecule has 0 radical (unpaired) electrons. The molecule has 0 saturated heterocycles. The number of thiazole rings is 1. The normalized spacial score (nSPS) is 14.0. The van der Waals surface area contributed by atoms with Crippen LogP contribution in [0.15, 0.2) is 47.6 Å². The maximum atomic E-state index is 12.7. The van der Waals surface area contributed by atoms with Crippen LogP contribution >= 0.6 is 11.3 Å². The third-order valence-corrected chi connectivity index (χ3v) is 7.59. The van der Waals surface area contributed by atoms with E-state index >= 15 is 0 Å². The van der Waals surface area contributed by atoms with Crippen molar-refractivity contribution in [3.8, 4) is 0 Å². The van der Waals surface area contributed by atoms with Crippen molar-refractivity contribution < 1.29 is 23.1 Å². The molecule has 0 fully saturated rings. The van der Waals surface area contributed by atoms with Crippen molar-refractivity contribution in [1.29, 1.82) is 0 Å². The fourth-order valence-electron chi connectivity index (χ4n) is 3.64. The van der Waals surface area contributed by atoms with Crippen LogP contribution < -0.4 is 20.9 Å². The average molecular weight is 531 g/mol. The minimum atomic E-state index is -3.37. The first-order valence-electron chi connectivity index (χ1n) is 11.1. The van der Waals surface area contributed by atoms with Gasteiger partial charge in [-0.1, -0.05) is 23.5 Å². The zero-order valence-corrected chi connectivity index (χ0v) is 21.3. The number of nitrogens with zero attached hydrogens (tertiary/aromatic N) is 3. The van der Waals surface area contributed by atoms with Gasteiger partial charge in [0.15, 0.2) is 15.0 Å². The van der Waals surface area contributed by atoms with Gasteiger partial charge in [-0.15, -0.1) is 0 Å². The van der Waals surface area contributed by atoms with E-state index in [1.165, 1.54) is 17.5 Å². The number of sulfone groups is 1. The van der Waals surface area contributed by atoms with Gasteiger partial charge in [-0.2, -0.15) is 0 Å². The number of aromatic nitrogens is 2. The second kappa shape index (κ2) is 10.6. The summed E-state index contributed by atoms with van der Waals surface area (Å²) in [5.41, 5.74) is 2.17. The minimum Gasteiger partial charge on any atom is -0.394 e. The van der Waals surface area contributed by atoms with Crippen LogP contribution in [-0.2, 0) is 22.8 Å². The van der Waals surface area contributed by atoms with Crippen molar-refractivity contribution in [2.45, 2.75) is 30.8 Å². The number of urea groups is 1. The molecule has 13 heteroatoms. The molecule has 0 spiro atoms. The number of nitrogens with one attached hydrogen (secondary N) is 3. The van der Waals surface area contributed by atoms with Crippen LogP contribution in [-0.4, -0.2) is 60.9 Å². The molecule has 2 aromatic heterocycles. The second-order valence-electron chi connectivity index (χ2n) is 8.39. The van der Waals surface area contributed by atoms with Crippen LogP contribution in [0.2, 0.25) is 0 Å². The van der Waals surface area contributed by atoms with Crippen molar-refractivity contribution in [3.63, 3.8) is 0 Å². The van der Waals surface area contributed by atoms with Gasteiger partial charge in [0.25, 0.3) is 5.91 Å². The lowest BCUT2D eigenvalue weighted by molar-refractivity contribution is 0.0923. The number of aliphatic hydroxyl groups excluding tert-OH is 1. The molecule has 3 aromatic rings. The van der Waals surface area contributed by atoms with Gasteiger partial charge in [0.1, 0.15) is 0 Å². The van der Waals surface area contributed by atoms with Crippen molar-refractivity contribution >= 4 is 49.6 Å². The Balaban J connectivity index is 1.43. The Labute approximate surface area is 212 Å². The Morgan fingerprint density at radius 1 is 1.22 bits per heavy atom. The van der Waals surface area contributed by atoms with Crippen LogP contribution in [0, 0.1) is 0 Å². The number of anilines is 3. The van der Waals surface area contributed by atoms with Gasteiger partial charge in [0.05, 0.1) is 46.9 Å². The van der Waals surface area contributed by atoms with Crippen LogP contribution in [0.1, 0.15) is 27.9 Å². The largest absolute Gasteiger partial charge is 0.394 e. The smallest absolute Gasteiger partial charge is 0.325 e. The van der Waals surface area contributed by atoms with E-state index in [1.54, 1.807) is 43.5 Å². The van der Waals surface area contributed by atoms with Crippen molar-refractivity contribution in [2.24, 2.45) is 0 Å². The molecule has 3 amide bonds. The molecule has 0 bridgehead atoms. The summed E-state index contributed by atoms with van der Waals surface area (Å²) in [6.45, 7) is 2.61. The minimum absolute atomic E-state index is 0.161. The number of hydrogen-bond acceptors (Lipinski definition) is 9. The van der Waals surface area contributed by atoms with Gasteiger partial charge in [0.2, 0.25) is 0 Å². The van der Waals surface area contributed by atoms with Crippen LogP contribution in [0.4, 0.5) is 21.3 Å². The maximum Gasteiger partial charge on any atom is 0.325 e. The van der Waals surface area contributed by atoms with Crippen molar-refractivity contribution in [3.05, 3.63) is 58.9 Å². The third-order valence-electron chi connectivity index (χ3n) is 5.51. The first-order valence-corrected chi connectivity index (χ1v) is 13.8. The number of amides is 3. The number of para-hydroxylation sites is 1. The van der Waals surface area contributed by atoms with E-state index in [9.17, 15) is 23.1 Å². The summed E-state index contributed by atoms with van der Waals surface area (Å²) in [4.78, 5) is 36.9. The average Bonchev–Trinajstić information content (AvgIpc) is 3.25. The second-order valence-corrected chi connectivity index (χ2v) is 11.5. The molecule has 3 heterocycles. The van der Waals surface area contributed by atoms with E-state index in [0.717, 1.165) is 16.8 Å².